The van der Waals surface area contributed by atoms with Crippen LogP contribution in [0.4, 0.5) is 10.1 Å². The summed E-state index contributed by atoms with van der Waals surface area (Å²) >= 11 is 0. The molecule has 0 aliphatic carbocycles. The Kier molecular flexibility index (Phi) is 5.09. The van der Waals surface area contributed by atoms with E-state index in [1.165, 1.54) is 6.07 Å². The van der Waals surface area contributed by atoms with Gasteiger partial charge in [0.15, 0.2) is 0 Å². The number of hydrogen-bond donors (Lipinski definition) is 1. The maximum Gasteiger partial charge on any atom is 0.220 e. The molecule has 0 spiro atoms. The van der Waals surface area contributed by atoms with E-state index in [2.05, 4.69) is 26.1 Å². The lowest BCUT2D eigenvalue weighted by atomic mass is 9.91. The zero-order valence-corrected chi connectivity index (χ0v) is 14.1. The summed E-state index contributed by atoms with van der Waals surface area (Å²) in [7, 11) is 0. The van der Waals surface area contributed by atoms with E-state index in [4.69, 9.17) is 0 Å². The second kappa shape index (κ2) is 6.67. The summed E-state index contributed by atoms with van der Waals surface area (Å²) in [6, 6.07) is 5.29. The number of hydrogen-bond acceptors (Lipinski definition) is 2. The van der Waals surface area contributed by atoms with Gasteiger partial charge in [-0.05, 0) is 42.9 Å². The van der Waals surface area contributed by atoms with E-state index in [9.17, 15) is 9.18 Å². The largest absolute Gasteiger partial charge is 0.367 e. The highest BCUT2D eigenvalue weighted by molar-refractivity contribution is 5.77. The van der Waals surface area contributed by atoms with Gasteiger partial charge in [0, 0.05) is 25.6 Å². The van der Waals surface area contributed by atoms with Crippen molar-refractivity contribution in [1.82, 2.24) is 5.32 Å². The smallest absolute Gasteiger partial charge is 0.220 e. The van der Waals surface area contributed by atoms with Crippen LogP contribution in [0.2, 0.25) is 0 Å². The summed E-state index contributed by atoms with van der Waals surface area (Å²) in [5, 5.41) is 3.11. The van der Waals surface area contributed by atoms with Crippen molar-refractivity contribution in [3.63, 3.8) is 0 Å². The molecule has 1 aliphatic heterocycles. The molecule has 1 N–H and O–H groups in total. The first-order valence-electron chi connectivity index (χ1n) is 8.05. The average molecular weight is 306 g/mol. The van der Waals surface area contributed by atoms with E-state index in [1.54, 1.807) is 6.07 Å². The number of nitrogens with one attached hydrogen (secondary N) is 1. The van der Waals surface area contributed by atoms with Crippen LogP contribution in [0.25, 0.3) is 0 Å². The third kappa shape index (κ3) is 4.72. The predicted octanol–water partition coefficient (Wildman–Crippen LogP) is 3.66. The second-order valence-electron chi connectivity index (χ2n) is 7.54. The summed E-state index contributed by atoms with van der Waals surface area (Å²) in [6.45, 7) is 9.66. The number of aryl methyl sites for hydroxylation is 1. The minimum absolute atomic E-state index is 0.0128. The molecular formula is C18H27FN2O. The number of anilines is 1. The van der Waals surface area contributed by atoms with Crippen LogP contribution >= 0.6 is 0 Å². The van der Waals surface area contributed by atoms with Gasteiger partial charge in [-0.3, -0.25) is 4.79 Å². The van der Waals surface area contributed by atoms with Gasteiger partial charge in [-0.15, -0.1) is 0 Å². The van der Waals surface area contributed by atoms with Crippen LogP contribution in [0.3, 0.4) is 0 Å². The number of benzene rings is 1. The van der Waals surface area contributed by atoms with Crippen molar-refractivity contribution < 1.29 is 9.18 Å². The Morgan fingerprint density at radius 3 is 2.82 bits per heavy atom. The summed E-state index contributed by atoms with van der Waals surface area (Å²) in [4.78, 5) is 14.1. The molecule has 1 amide bonds. The topological polar surface area (TPSA) is 32.3 Å². The second-order valence-corrected chi connectivity index (χ2v) is 7.54. The van der Waals surface area contributed by atoms with Crippen molar-refractivity contribution in [3.8, 4) is 0 Å². The molecule has 1 atom stereocenters. The SMILES string of the molecule is Cc1ccc(F)c(N2CCCC(NC(=O)CC(C)(C)C)C2)c1. The van der Waals surface area contributed by atoms with Crippen LogP contribution in [0.15, 0.2) is 18.2 Å². The van der Waals surface area contributed by atoms with Crippen molar-refractivity contribution >= 4 is 11.6 Å². The van der Waals surface area contributed by atoms with E-state index in [0.717, 1.165) is 24.9 Å². The molecule has 1 unspecified atom stereocenters. The highest BCUT2D eigenvalue weighted by Crippen LogP contribution is 2.25. The van der Waals surface area contributed by atoms with Crippen molar-refractivity contribution in [2.24, 2.45) is 5.41 Å². The Hall–Kier alpha value is -1.58. The zero-order chi connectivity index (χ0) is 16.3. The average Bonchev–Trinajstić information content (AvgIpc) is 2.39. The molecule has 22 heavy (non-hydrogen) atoms. The normalized spacial score (nSPS) is 19.1. The quantitative estimate of drug-likeness (QED) is 0.924. The van der Waals surface area contributed by atoms with Crippen molar-refractivity contribution in [2.45, 2.75) is 53.0 Å². The molecule has 122 valence electrons. The number of rotatable bonds is 3. The Morgan fingerprint density at radius 2 is 2.14 bits per heavy atom. The molecule has 0 aromatic heterocycles. The van der Waals surface area contributed by atoms with Crippen molar-refractivity contribution in [1.29, 1.82) is 0 Å². The number of carbonyl (C=O) groups excluding carboxylic acids is 1. The first kappa shape index (κ1) is 16.8. The Morgan fingerprint density at radius 1 is 1.41 bits per heavy atom. The number of nitrogens with zero attached hydrogens (tertiary/aromatic N) is 1. The molecule has 0 saturated carbocycles. The van der Waals surface area contributed by atoms with Crippen LogP contribution in [0, 0.1) is 18.2 Å². The molecule has 1 heterocycles. The minimum Gasteiger partial charge on any atom is -0.367 e. The molecule has 3 nitrogen and oxygen atoms in total. The fraction of sp³-hybridized carbons (Fsp3) is 0.611. The summed E-state index contributed by atoms with van der Waals surface area (Å²) in [6.07, 6.45) is 2.44. The van der Waals surface area contributed by atoms with E-state index >= 15 is 0 Å². The van der Waals surface area contributed by atoms with E-state index in [0.29, 0.717) is 18.7 Å². The van der Waals surface area contributed by atoms with Gasteiger partial charge < -0.3 is 10.2 Å². The third-order valence-electron chi connectivity index (χ3n) is 3.92. The zero-order valence-electron chi connectivity index (χ0n) is 14.1. The molecule has 1 aromatic rings. The molecule has 1 saturated heterocycles. The number of halogens is 1. The molecule has 1 aliphatic rings. The van der Waals surface area contributed by atoms with Gasteiger partial charge in [-0.1, -0.05) is 26.8 Å². The van der Waals surface area contributed by atoms with Gasteiger partial charge >= 0.3 is 0 Å². The fourth-order valence-corrected chi connectivity index (χ4v) is 2.94. The highest BCUT2D eigenvalue weighted by atomic mass is 19.1. The Balaban J connectivity index is 2.00. The van der Waals surface area contributed by atoms with Gasteiger partial charge in [-0.2, -0.15) is 0 Å². The fourth-order valence-electron chi connectivity index (χ4n) is 2.94. The molecule has 1 fully saturated rings. The maximum absolute atomic E-state index is 14.0. The van der Waals surface area contributed by atoms with Gasteiger partial charge in [0.1, 0.15) is 5.82 Å². The molecule has 4 heteroatoms. The van der Waals surface area contributed by atoms with E-state index in [1.807, 2.05) is 17.9 Å². The minimum atomic E-state index is -0.188. The van der Waals surface area contributed by atoms with E-state index < -0.39 is 0 Å². The van der Waals surface area contributed by atoms with Gasteiger partial charge in [-0.25, -0.2) is 4.39 Å². The van der Waals surface area contributed by atoms with Crippen molar-refractivity contribution in [2.75, 3.05) is 18.0 Å². The predicted molar refractivity (Wildman–Crippen MR) is 88.6 cm³/mol. The molecule has 1 aromatic carbocycles. The molecule has 0 bridgehead atoms. The van der Waals surface area contributed by atoms with Crippen LogP contribution in [0.5, 0.6) is 0 Å². The molecule has 0 radical (unpaired) electrons. The summed E-state index contributed by atoms with van der Waals surface area (Å²) in [5.41, 5.74) is 1.69. The summed E-state index contributed by atoms with van der Waals surface area (Å²) in [5.74, 6) is -0.101. The maximum atomic E-state index is 14.0. The number of piperidine rings is 1. The van der Waals surface area contributed by atoms with Crippen LogP contribution < -0.4 is 10.2 Å². The van der Waals surface area contributed by atoms with Gasteiger partial charge in [0.25, 0.3) is 0 Å². The molecular weight excluding hydrogens is 279 g/mol. The first-order chi connectivity index (χ1) is 10.2. The van der Waals surface area contributed by atoms with Crippen LogP contribution in [-0.4, -0.2) is 25.0 Å². The van der Waals surface area contributed by atoms with Gasteiger partial charge in [0.05, 0.1) is 5.69 Å². The first-order valence-corrected chi connectivity index (χ1v) is 8.05. The monoisotopic (exact) mass is 306 g/mol. The third-order valence-corrected chi connectivity index (χ3v) is 3.92. The van der Waals surface area contributed by atoms with Crippen molar-refractivity contribution in [3.05, 3.63) is 29.6 Å². The van der Waals surface area contributed by atoms with Gasteiger partial charge in [0.2, 0.25) is 5.91 Å². The van der Waals surface area contributed by atoms with Crippen LogP contribution in [0.1, 0.15) is 45.6 Å². The lowest BCUT2D eigenvalue weighted by molar-refractivity contribution is -0.123. The number of carbonyl (C=O) groups is 1. The lowest BCUT2D eigenvalue weighted by Gasteiger charge is -2.35. The molecule has 2 rings (SSSR count). The lowest BCUT2D eigenvalue weighted by Crippen LogP contribution is -2.48. The number of amides is 1. The van der Waals surface area contributed by atoms with E-state index in [-0.39, 0.29) is 23.2 Å². The van der Waals surface area contributed by atoms with Crippen LogP contribution in [-0.2, 0) is 4.79 Å². The Labute approximate surface area is 132 Å². The summed E-state index contributed by atoms with van der Waals surface area (Å²) < 4.78 is 14.0. The Bertz CT molecular complexity index is 536. The standard InChI is InChI=1S/C18H27FN2O/c1-13-7-8-15(19)16(10-13)21-9-5-6-14(12-21)20-17(22)11-18(2,3)4/h7-8,10,14H,5-6,9,11-12H2,1-4H3,(H,20,22). The highest BCUT2D eigenvalue weighted by Gasteiger charge is 2.25.